The molecule has 0 unspecified atom stereocenters. The third kappa shape index (κ3) is 4.30. The summed E-state index contributed by atoms with van der Waals surface area (Å²) in [7, 11) is 1.61. The summed E-state index contributed by atoms with van der Waals surface area (Å²) in [6, 6.07) is 2.45. The summed E-state index contributed by atoms with van der Waals surface area (Å²) in [5.41, 5.74) is 0.191. The molecule has 1 fully saturated rings. The van der Waals surface area contributed by atoms with E-state index in [1.165, 1.54) is 12.1 Å². The van der Waals surface area contributed by atoms with Crippen molar-refractivity contribution in [1.82, 2.24) is 15.5 Å². The van der Waals surface area contributed by atoms with Gasteiger partial charge in [0.1, 0.15) is 17.3 Å². The molecule has 2 heterocycles. The van der Waals surface area contributed by atoms with Gasteiger partial charge in [-0.05, 0) is 12.1 Å². The number of methoxy groups -OCH3 is 1. The number of aromatic nitrogens is 2. The van der Waals surface area contributed by atoms with Gasteiger partial charge in [0.25, 0.3) is 0 Å². The molecular formula is C16H20F2N4O3. The topological polar surface area (TPSA) is 72.7 Å². The molecule has 0 saturated carbocycles. The molecule has 3 rings (SSSR count). The van der Waals surface area contributed by atoms with Crippen molar-refractivity contribution in [3.63, 3.8) is 0 Å². The highest BCUT2D eigenvalue weighted by molar-refractivity contribution is 5.62. The largest absolute Gasteiger partial charge is 0.383 e. The number of rotatable bonds is 7. The molecule has 1 aromatic carbocycles. The molecule has 1 saturated heterocycles. The predicted octanol–water partition coefficient (Wildman–Crippen LogP) is 1.59. The number of hydrogen-bond acceptors (Lipinski definition) is 7. The minimum Gasteiger partial charge on any atom is -0.383 e. The number of hydrogen-bond donors (Lipinski definition) is 1. The summed E-state index contributed by atoms with van der Waals surface area (Å²) in [4.78, 5) is 5.79. The Morgan fingerprint density at radius 3 is 2.64 bits per heavy atom. The molecule has 0 spiro atoms. The molecule has 2 aromatic rings. The molecule has 0 bridgehead atoms. The van der Waals surface area contributed by atoms with Crippen LogP contribution in [0.15, 0.2) is 16.7 Å². The summed E-state index contributed by atoms with van der Waals surface area (Å²) >= 11 is 0. The van der Waals surface area contributed by atoms with E-state index in [9.17, 15) is 8.78 Å². The Hall–Kier alpha value is -2.10. The number of ether oxygens (including phenoxy) is 2. The summed E-state index contributed by atoms with van der Waals surface area (Å²) in [6.45, 7) is 3.34. The van der Waals surface area contributed by atoms with Crippen molar-refractivity contribution in [2.45, 2.75) is 6.54 Å². The monoisotopic (exact) mass is 354 g/mol. The Balaban J connectivity index is 1.73. The van der Waals surface area contributed by atoms with Gasteiger partial charge >= 0.3 is 0 Å². The van der Waals surface area contributed by atoms with E-state index in [1.807, 2.05) is 0 Å². The minimum absolute atomic E-state index is 0.0444. The maximum atomic E-state index is 14.4. The van der Waals surface area contributed by atoms with Gasteiger partial charge in [0, 0.05) is 32.3 Å². The third-order valence-corrected chi connectivity index (χ3v) is 3.83. The summed E-state index contributed by atoms with van der Waals surface area (Å²) in [5.74, 6) is -0.818. The lowest BCUT2D eigenvalue weighted by Crippen LogP contribution is -2.37. The van der Waals surface area contributed by atoms with E-state index in [2.05, 4.69) is 15.5 Å². The van der Waals surface area contributed by atoms with Crippen LogP contribution in [0.1, 0.15) is 5.89 Å². The zero-order chi connectivity index (χ0) is 17.6. The highest BCUT2D eigenvalue weighted by atomic mass is 19.1. The van der Waals surface area contributed by atoms with E-state index in [4.69, 9.17) is 14.0 Å². The van der Waals surface area contributed by atoms with Crippen LogP contribution in [-0.2, 0) is 16.0 Å². The highest BCUT2D eigenvalue weighted by Crippen LogP contribution is 2.29. The molecule has 25 heavy (non-hydrogen) atoms. The first kappa shape index (κ1) is 17.7. The number of anilines is 1. The Morgan fingerprint density at radius 1 is 1.24 bits per heavy atom. The fourth-order valence-electron chi connectivity index (χ4n) is 2.60. The van der Waals surface area contributed by atoms with Gasteiger partial charge in [0.15, 0.2) is 0 Å². The van der Waals surface area contributed by atoms with Gasteiger partial charge in [-0.2, -0.15) is 4.98 Å². The van der Waals surface area contributed by atoms with Crippen LogP contribution in [0.25, 0.3) is 11.4 Å². The molecule has 9 heteroatoms. The van der Waals surface area contributed by atoms with Crippen LogP contribution in [-0.4, -0.2) is 56.7 Å². The second-order valence-corrected chi connectivity index (χ2v) is 5.57. The number of nitrogens with zero attached hydrogens (tertiary/aromatic N) is 3. The Labute approximate surface area is 143 Å². The van der Waals surface area contributed by atoms with Gasteiger partial charge in [-0.3, -0.25) is 0 Å². The van der Waals surface area contributed by atoms with Crippen LogP contribution in [0.3, 0.4) is 0 Å². The lowest BCUT2D eigenvalue weighted by atomic mass is 10.1. The lowest BCUT2D eigenvalue weighted by molar-refractivity contribution is 0.122. The van der Waals surface area contributed by atoms with Crippen LogP contribution < -0.4 is 10.2 Å². The summed E-state index contributed by atoms with van der Waals surface area (Å²) < 4.78 is 44.1. The number of benzene rings is 1. The van der Waals surface area contributed by atoms with E-state index in [-0.39, 0.29) is 17.1 Å². The molecule has 1 aromatic heterocycles. The normalized spacial score (nSPS) is 14.9. The minimum atomic E-state index is -0.651. The van der Waals surface area contributed by atoms with Crippen LogP contribution in [0.5, 0.6) is 0 Å². The average molecular weight is 354 g/mol. The van der Waals surface area contributed by atoms with E-state index >= 15 is 0 Å². The smallest absolute Gasteiger partial charge is 0.240 e. The van der Waals surface area contributed by atoms with E-state index in [0.717, 1.165) is 0 Å². The quantitative estimate of drug-likeness (QED) is 0.757. The van der Waals surface area contributed by atoms with Gasteiger partial charge in [-0.25, -0.2) is 8.78 Å². The van der Waals surface area contributed by atoms with Gasteiger partial charge in [0.2, 0.25) is 11.7 Å². The first-order chi connectivity index (χ1) is 12.2. The highest BCUT2D eigenvalue weighted by Gasteiger charge is 2.21. The first-order valence-corrected chi connectivity index (χ1v) is 8.03. The van der Waals surface area contributed by atoms with Crippen LogP contribution in [0, 0.1) is 11.6 Å². The van der Waals surface area contributed by atoms with Crippen LogP contribution in [0.2, 0.25) is 0 Å². The van der Waals surface area contributed by atoms with Crippen molar-refractivity contribution in [1.29, 1.82) is 0 Å². The second kappa shape index (κ2) is 8.32. The maximum absolute atomic E-state index is 14.4. The lowest BCUT2D eigenvalue weighted by Gasteiger charge is -2.29. The molecule has 7 nitrogen and oxygen atoms in total. The fourth-order valence-corrected chi connectivity index (χ4v) is 2.60. The van der Waals surface area contributed by atoms with Gasteiger partial charge in [-0.15, -0.1) is 0 Å². The van der Waals surface area contributed by atoms with Gasteiger partial charge in [-0.1, -0.05) is 5.16 Å². The third-order valence-electron chi connectivity index (χ3n) is 3.83. The molecule has 0 radical (unpaired) electrons. The van der Waals surface area contributed by atoms with E-state index in [1.54, 1.807) is 12.0 Å². The Morgan fingerprint density at radius 2 is 1.96 bits per heavy atom. The molecule has 136 valence electrons. The Kier molecular flexibility index (Phi) is 5.90. The summed E-state index contributed by atoms with van der Waals surface area (Å²) in [5, 5.41) is 6.84. The Bertz CT molecular complexity index is 681. The van der Waals surface area contributed by atoms with Crippen molar-refractivity contribution in [3.8, 4) is 11.4 Å². The number of nitrogens with one attached hydrogen (secondary N) is 1. The van der Waals surface area contributed by atoms with E-state index < -0.39 is 11.6 Å². The molecule has 1 aliphatic heterocycles. The van der Waals surface area contributed by atoms with E-state index in [0.29, 0.717) is 51.9 Å². The average Bonchev–Trinajstić information content (AvgIpc) is 3.08. The van der Waals surface area contributed by atoms with Crippen molar-refractivity contribution in [2.24, 2.45) is 0 Å². The maximum Gasteiger partial charge on any atom is 0.240 e. The van der Waals surface area contributed by atoms with Crippen molar-refractivity contribution < 1.29 is 22.8 Å². The molecule has 0 atom stereocenters. The van der Waals surface area contributed by atoms with Crippen molar-refractivity contribution in [3.05, 3.63) is 29.7 Å². The van der Waals surface area contributed by atoms with Gasteiger partial charge in [0.05, 0.1) is 26.4 Å². The van der Waals surface area contributed by atoms with Gasteiger partial charge < -0.3 is 24.2 Å². The van der Waals surface area contributed by atoms with Crippen LogP contribution >= 0.6 is 0 Å². The molecule has 0 amide bonds. The predicted molar refractivity (Wildman–Crippen MR) is 86.3 cm³/mol. The van der Waals surface area contributed by atoms with Crippen LogP contribution in [0.4, 0.5) is 14.5 Å². The fraction of sp³-hybridized carbons (Fsp3) is 0.500. The van der Waals surface area contributed by atoms with Crippen molar-refractivity contribution >= 4 is 5.69 Å². The number of morpholine rings is 1. The number of halogens is 2. The SMILES string of the molecule is COCCNCc1nc(-c2cc(F)c(N3CCOCC3)c(F)c2)no1. The molecule has 0 aliphatic carbocycles. The molecular weight excluding hydrogens is 334 g/mol. The molecule has 1 N–H and O–H groups in total. The molecule has 1 aliphatic rings. The van der Waals surface area contributed by atoms with Crippen molar-refractivity contribution in [2.75, 3.05) is 51.5 Å². The summed E-state index contributed by atoms with van der Waals surface area (Å²) in [6.07, 6.45) is 0. The standard InChI is InChI=1S/C16H20F2N4O3/c1-23-5-2-19-10-14-20-16(21-25-14)11-8-12(17)15(13(18)9-11)22-3-6-24-7-4-22/h8-9,19H,2-7,10H2,1H3. The zero-order valence-corrected chi connectivity index (χ0v) is 13.9. The first-order valence-electron chi connectivity index (χ1n) is 8.03. The zero-order valence-electron chi connectivity index (χ0n) is 13.9. The second-order valence-electron chi connectivity index (χ2n) is 5.57.